The van der Waals surface area contributed by atoms with E-state index in [4.69, 9.17) is 9.47 Å². The van der Waals surface area contributed by atoms with Crippen LogP contribution in [-0.2, 0) is 4.74 Å². The summed E-state index contributed by atoms with van der Waals surface area (Å²) in [6.07, 6.45) is 0.909. The van der Waals surface area contributed by atoms with Crippen molar-refractivity contribution in [2.75, 3.05) is 25.6 Å². The number of nitrogens with one attached hydrogen (secondary N) is 1. The summed E-state index contributed by atoms with van der Waals surface area (Å²) in [5, 5.41) is 14.1. The molecule has 0 radical (unpaired) electrons. The molecule has 1 heterocycles. The molecule has 1 aliphatic rings. The lowest BCUT2D eigenvalue weighted by Gasteiger charge is -2.25. The number of benzene rings is 1. The van der Waals surface area contributed by atoms with Gasteiger partial charge >= 0.3 is 5.69 Å². The number of nitro benzene ring substituents is 1. The summed E-state index contributed by atoms with van der Waals surface area (Å²) < 4.78 is 10.4. The zero-order valence-corrected chi connectivity index (χ0v) is 10.4. The summed E-state index contributed by atoms with van der Waals surface area (Å²) in [5.41, 5.74) is 0.641. The van der Waals surface area contributed by atoms with Gasteiger partial charge in [0.1, 0.15) is 0 Å². The van der Waals surface area contributed by atoms with E-state index >= 15 is 0 Å². The van der Waals surface area contributed by atoms with Crippen LogP contribution < -0.4 is 10.1 Å². The van der Waals surface area contributed by atoms with Crippen molar-refractivity contribution < 1.29 is 14.4 Å². The second-order valence-corrected chi connectivity index (χ2v) is 4.63. The van der Waals surface area contributed by atoms with Gasteiger partial charge in [0, 0.05) is 24.4 Å². The molecule has 1 N–H and O–H groups in total. The fraction of sp³-hybridized carbons (Fsp3) is 0.500. The van der Waals surface area contributed by atoms with Gasteiger partial charge in [-0.25, -0.2) is 0 Å². The number of anilines is 1. The van der Waals surface area contributed by atoms with E-state index in [2.05, 4.69) is 12.2 Å². The maximum atomic E-state index is 10.8. The largest absolute Gasteiger partial charge is 0.490 e. The minimum atomic E-state index is -0.455. The third-order valence-corrected chi connectivity index (χ3v) is 3.04. The van der Waals surface area contributed by atoms with Gasteiger partial charge in [0.15, 0.2) is 5.75 Å². The lowest BCUT2D eigenvalue weighted by molar-refractivity contribution is -0.385. The topological polar surface area (TPSA) is 73.6 Å². The normalized spacial score (nSPS) is 22.8. The van der Waals surface area contributed by atoms with E-state index in [1.54, 1.807) is 12.1 Å². The van der Waals surface area contributed by atoms with E-state index < -0.39 is 4.92 Å². The molecule has 0 saturated carbocycles. The predicted molar refractivity (Wildman–Crippen MR) is 67.1 cm³/mol. The second kappa shape index (κ2) is 4.81. The van der Waals surface area contributed by atoms with E-state index in [1.807, 2.05) is 0 Å². The minimum Gasteiger partial charge on any atom is -0.490 e. The maximum Gasteiger partial charge on any atom is 0.311 e. The molecule has 6 nitrogen and oxygen atoms in total. The van der Waals surface area contributed by atoms with Crippen molar-refractivity contribution in [3.05, 3.63) is 28.3 Å². The van der Waals surface area contributed by atoms with Crippen molar-refractivity contribution >= 4 is 11.4 Å². The lowest BCUT2D eigenvalue weighted by atomic mass is 10.0. The Kier molecular flexibility index (Phi) is 3.38. The Balaban J connectivity index is 2.22. The van der Waals surface area contributed by atoms with Crippen molar-refractivity contribution in [2.24, 2.45) is 0 Å². The molecule has 1 atom stereocenters. The van der Waals surface area contributed by atoms with Crippen molar-refractivity contribution in [3.8, 4) is 5.75 Å². The van der Waals surface area contributed by atoms with Crippen molar-refractivity contribution in [3.63, 3.8) is 0 Å². The van der Waals surface area contributed by atoms with Gasteiger partial charge in [-0.2, -0.15) is 0 Å². The predicted octanol–water partition coefficient (Wildman–Crippen LogP) is 2.19. The standard InChI is InChI=1S/C12H16N2O4/c1-12(5-6-18-8-12)13-9-3-4-10(14(15)16)11(7-9)17-2/h3-4,7,13H,5-6,8H2,1-2H3. The fourth-order valence-corrected chi connectivity index (χ4v) is 2.02. The Morgan fingerprint density at radius 2 is 2.33 bits per heavy atom. The molecule has 6 heteroatoms. The summed E-state index contributed by atoms with van der Waals surface area (Å²) >= 11 is 0. The number of ether oxygens (including phenoxy) is 2. The first-order chi connectivity index (χ1) is 8.54. The molecule has 0 bridgehead atoms. The first-order valence-corrected chi connectivity index (χ1v) is 5.72. The molecule has 0 aliphatic carbocycles. The monoisotopic (exact) mass is 252 g/mol. The molecule has 1 fully saturated rings. The number of nitro groups is 1. The summed E-state index contributed by atoms with van der Waals surface area (Å²) in [4.78, 5) is 10.3. The summed E-state index contributed by atoms with van der Waals surface area (Å²) in [6, 6.07) is 4.77. The Hall–Kier alpha value is -1.82. The third kappa shape index (κ3) is 2.53. The summed E-state index contributed by atoms with van der Waals surface area (Å²) in [6.45, 7) is 3.42. The Labute approximate surface area is 105 Å². The number of rotatable bonds is 4. The molecule has 1 aromatic carbocycles. The zero-order chi connectivity index (χ0) is 13.2. The SMILES string of the molecule is COc1cc(NC2(C)CCOC2)ccc1[N+](=O)[O-]. The summed E-state index contributed by atoms with van der Waals surface area (Å²) in [5.74, 6) is 0.257. The van der Waals surface area contributed by atoms with Crippen LogP contribution in [0.1, 0.15) is 13.3 Å². The molecule has 98 valence electrons. The van der Waals surface area contributed by atoms with Crippen LogP contribution in [0.2, 0.25) is 0 Å². The molecule has 18 heavy (non-hydrogen) atoms. The molecule has 1 unspecified atom stereocenters. The van der Waals surface area contributed by atoms with Gasteiger partial charge < -0.3 is 14.8 Å². The van der Waals surface area contributed by atoms with E-state index in [9.17, 15) is 10.1 Å². The highest BCUT2D eigenvalue weighted by molar-refractivity contribution is 5.58. The first-order valence-electron chi connectivity index (χ1n) is 5.72. The van der Waals surface area contributed by atoms with Crippen LogP contribution in [0.5, 0.6) is 5.75 Å². The van der Waals surface area contributed by atoms with E-state index in [0.717, 1.165) is 18.7 Å². The average Bonchev–Trinajstić information content (AvgIpc) is 2.75. The van der Waals surface area contributed by atoms with Gasteiger partial charge in [-0.05, 0) is 19.4 Å². The highest BCUT2D eigenvalue weighted by Crippen LogP contribution is 2.32. The Bertz CT molecular complexity index is 455. The molecule has 0 amide bonds. The molecule has 0 spiro atoms. The van der Waals surface area contributed by atoms with Crippen LogP contribution in [-0.4, -0.2) is 30.8 Å². The molecule has 0 aromatic heterocycles. The number of methoxy groups -OCH3 is 1. The van der Waals surface area contributed by atoms with Gasteiger partial charge in [-0.3, -0.25) is 10.1 Å². The molecular weight excluding hydrogens is 236 g/mol. The van der Waals surface area contributed by atoms with Crippen molar-refractivity contribution in [1.82, 2.24) is 0 Å². The smallest absolute Gasteiger partial charge is 0.311 e. The van der Waals surface area contributed by atoms with Crippen LogP contribution in [0.15, 0.2) is 18.2 Å². The third-order valence-electron chi connectivity index (χ3n) is 3.04. The molecule has 1 aromatic rings. The van der Waals surface area contributed by atoms with Crippen LogP contribution in [0.25, 0.3) is 0 Å². The van der Waals surface area contributed by atoms with Crippen LogP contribution in [0.3, 0.4) is 0 Å². The zero-order valence-electron chi connectivity index (χ0n) is 10.4. The molecular formula is C12H16N2O4. The number of hydrogen-bond acceptors (Lipinski definition) is 5. The first kappa shape index (κ1) is 12.6. The number of nitrogens with zero attached hydrogens (tertiary/aromatic N) is 1. The van der Waals surface area contributed by atoms with Gasteiger partial charge in [0.25, 0.3) is 0 Å². The minimum absolute atomic E-state index is 0.0316. The van der Waals surface area contributed by atoms with Crippen LogP contribution in [0.4, 0.5) is 11.4 Å². The molecule has 1 saturated heterocycles. The van der Waals surface area contributed by atoms with Gasteiger partial charge in [-0.15, -0.1) is 0 Å². The van der Waals surface area contributed by atoms with E-state index in [-0.39, 0.29) is 17.0 Å². The Morgan fingerprint density at radius 3 is 2.89 bits per heavy atom. The van der Waals surface area contributed by atoms with Gasteiger partial charge in [0.2, 0.25) is 0 Å². The van der Waals surface area contributed by atoms with E-state index in [0.29, 0.717) is 6.61 Å². The molecule has 2 rings (SSSR count). The van der Waals surface area contributed by atoms with Crippen LogP contribution in [0, 0.1) is 10.1 Å². The van der Waals surface area contributed by atoms with E-state index in [1.165, 1.54) is 13.2 Å². The highest BCUT2D eigenvalue weighted by Gasteiger charge is 2.29. The summed E-state index contributed by atoms with van der Waals surface area (Å²) in [7, 11) is 1.42. The van der Waals surface area contributed by atoms with Gasteiger partial charge in [0.05, 0.1) is 24.2 Å². The lowest BCUT2D eigenvalue weighted by Crippen LogP contribution is -2.34. The molecule has 1 aliphatic heterocycles. The van der Waals surface area contributed by atoms with Crippen molar-refractivity contribution in [2.45, 2.75) is 18.9 Å². The fourth-order valence-electron chi connectivity index (χ4n) is 2.02. The number of hydrogen-bond donors (Lipinski definition) is 1. The van der Waals surface area contributed by atoms with Gasteiger partial charge in [-0.1, -0.05) is 0 Å². The quantitative estimate of drug-likeness (QED) is 0.656. The highest BCUT2D eigenvalue weighted by atomic mass is 16.6. The second-order valence-electron chi connectivity index (χ2n) is 4.63. The van der Waals surface area contributed by atoms with Crippen molar-refractivity contribution in [1.29, 1.82) is 0 Å². The average molecular weight is 252 g/mol. The Morgan fingerprint density at radius 1 is 1.56 bits per heavy atom. The maximum absolute atomic E-state index is 10.8. The van der Waals surface area contributed by atoms with Crippen LogP contribution >= 0.6 is 0 Å².